The number of hydrogen-bond donors (Lipinski definition) is 1. The zero-order valence-corrected chi connectivity index (χ0v) is 13.5. The average molecular weight is 281 g/mol. The maximum atomic E-state index is 5.67. The molecule has 1 aromatic rings. The van der Waals surface area contributed by atoms with Crippen molar-refractivity contribution in [3.8, 4) is 0 Å². The van der Waals surface area contributed by atoms with Crippen LogP contribution in [0.15, 0.2) is 4.42 Å². The van der Waals surface area contributed by atoms with Crippen molar-refractivity contribution in [2.45, 2.75) is 84.6 Å². The lowest BCUT2D eigenvalue weighted by molar-refractivity contribution is 0.431. The van der Waals surface area contributed by atoms with Crippen molar-refractivity contribution < 1.29 is 4.42 Å². The van der Waals surface area contributed by atoms with Crippen LogP contribution in [0.4, 0.5) is 0 Å². The molecule has 4 heteroatoms. The van der Waals surface area contributed by atoms with Crippen LogP contribution in [-0.2, 0) is 12.8 Å². The molecule has 1 heterocycles. The molecule has 4 nitrogen and oxygen atoms in total. The van der Waals surface area contributed by atoms with Gasteiger partial charge in [-0.25, -0.2) is 0 Å². The van der Waals surface area contributed by atoms with Crippen LogP contribution < -0.4 is 5.32 Å². The summed E-state index contributed by atoms with van der Waals surface area (Å²) in [6.45, 7) is 7.57. The Morgan fingerprint density at radius 2 is 1.50 bits per heavy atom. The second-order valence-electron chi connectivity index (χ2n) is 5.82. The van der Waals surface area contributed by atoms with Crippen molar-refractivity contribution in [2.24, 2.45) is 0 Å². The third-order valence-electron chi connectivity index (χ3n) is 3.37. The number of rotatable bonds is 12. The summed E-state index contributed by atoms with van der Waals surface area (Å²) in [6, 6.07) is 0.543. The fourth-order valence-corrected chi connectivity index (χ4v) is 2.18. The van der Waals surface area contributed by atoms with Gasteiger partial charge in [-0.3, -0.25) is 0 Å². The average Bonchev–Trinajstić information content (AvgIpc) is 2.86. The molecule has 0 aliphatic heterocycles. The minimum atomic E-state index is 0.543. The van der Waals surface area contributed by atoms with Gasteiger partial charge in [0.2, 0.25) is 11.8 Å². The van der Waals surface area contributed by atoms with Crippen molar-refractivity contribution in [3.63, 3.8) is 0 Å². The monoisotopic (exact) mass is 281 g/mol. The smallest absolute Gasteiger partial charge is 0.216 e. The van der Waals surface area contributed by atoms with E-state index < -0.39 is 0 Å². The Morgan fingerprint density at radius 1 is 0.900 bits per heavy atom. The van der Waals surface area contributed by atoms with Crippen molar-refractivity contribution >= 4 is 0 Å². The summed E-state index contributed by atoms with van der Waals surface area (Å²) >= 11 is 0. The lowest BCUT2D eigenvalue weighted by atomic mass is 10.1. The highest BCUT2D eigenvalue weighted by molar-refractivity contribution is 4.82. The molecule has 20 heavy (non-hydrogen) atoms. The van der Waals surface area contributed by atoms with Gasteiger partial charge in [-0.1, -0.05) is 52.9 Å². The number of nitrogens with one attached hydrogen (secondary N) is 1. The van der Waals surface area contributed by atoms with Crippen LogP contribution in [0.5, 0.6) is 0 Å². The van der Waals surface area contributed by atoms with Crippen LogP contribution in [0.1, 0.15) is 77.5 Å². The first-order valence-electron chi connectivity index (χ1n) is 8.27. The van der Waals surface area contributed by atoms with E-state index in [1.165, 1.54) is 38.5 Å². The molecule has 116 valence electrons. The Morgan fingerprint density at radius 3 is 2.15 bits per heavy atom. The lowest BCUT2D eigenvalue weighted by Gasteiger charge is -2.05. The largest absolute Gasteiger partial charge is 0.425 e. The zero-order chi connectivity index (χ0) is 14.6. The summed E-state index contributed by atoms with van der Waals surface area (Å²) in [5, 5.41) is 11.6. The molecular formula is C16H31N3O. The second-order valence-corrected chi connectivity index (χ2v) is 5.82. The summed E-state index contributed by atoms with van der Waals surface area (Å²) in [4.78, 5) is 0. The second kappa shape index (κ2) is 10.8. The topological polar surface area (TPSA) is 51.0 Å². The fraction of sp³-hybridized carbons (Fsp3) is 0.875. The quantitative estimate of drug-likeness (QED) is 0.590. The van der Waals surface area contributed by atoms with Gasteiger partial charge >= 0.3 is 0 Å². The standard InChI is InChI=1S/C16H31N3O/c1-4-5-6-7-8-9-11-15-18-19-16(20-15)12-10-13-17-14(2)3/h14,17H,4-13H2,1-3H3. The van der Waals surface area contributed by atoms with Crippen LogP contribution in [0.3, 0.4) is 0 Å². The molecule has 0 spiro atoms. The summed E-state index contributed by atoms with van der Waals surface area (Å²) in [5.74, 6) is 1.60. The molecule has 0 aliphatic rings. The zero-order valence-electron chi connectivity index (χ0n) is 13.5. The lowest BCUT2D eigenvalue weighted by Crippen LogP contribution is -2.23. The maximum Gasteiger partial charge on any atom is 0.216 e. The van der Waals surface area contributed by atoms with E-state index in [1.807, 2.05) is 0 Å². The van der Waals surface area contributed by atoms with Gasteiger partial charge in [0.15, 0.2) is 0 Å². The van der Waals surface area contributed by atoms with E-state index >= 15 is 0 Å². The third-order valence-corrected chi connectivity index (χ3v) is 3.37. The van der Waals surface area contributed by atoms with E-state index in [9.17, 15) is 0 Å². The highest BCUT2D eigenvalue weighted by Gasteiger charge is 2.05. The number of aryl methyl sites for hydroxylation is 2. The molecule has 1 aromatic heterocycles. The Labute approximate surface area is 123 Å². The first-order chi connectivity index (χ1) is 9.72. The molecule has 0 saturated carbocycles. The molecule has 0 unspecified atom stereocenters. The van der Waals surface area contributed by atoms with Crippen molar-refractivity contribution in [3.05, 3.63) is 11.8 Å². The van der Waals surface area contributed by atoms with Gasteiger partial charge < -0.3 is 9.73 Å². The molecule has 0 radical (unpaired) electrons. The summed E-state index contributed by atoms with van der Waals surface area (Å²) in [6.07, 6.45) is 10.7. The Bertz CT molecular complexity index is 336. The van der Waals surface area contributed by atoms with Crippen molar-refractivity contribution in [1.82, 2.24) is 15.5 Å². The van der Waals surface area contributed by atoms with Gasteiger partial charge in [0, 0.05) is 18.9 Å². The van der Waals surface area contributed by atoms with Gasteiger partial charge in [-0.2, -0.15) is 0 Å². The molecule has 1 N–H and O–H groups in total. The van der Waals surface area contributed by atoms with Gasteiger partial charge in [-0.05, 0) is 19.4 Å². The van der Waals surface area contributed by atoms with Crippen molar-refractivity contribution in [2.75, 3.05) is 6.54 Å². The fourth-order valence-electron chi connectivity index (χ4n) is 2.18. The maximum absolute atomic E-state index is 5.67. The summed E-state index contributed by atoms with van der Waals surface area (Å²) < 4.78 is 5.67. The SMILES string of the molecule is CCCCCCCCc1nnc(CCCNC(C)C)o1. The van der Waals surface area contributed by atoms with Gasteiger partial charge in [0.25, 0.3) is 0 Å². The highest BCUT2D eigenvalue weighted by Crippen LogP contribution is 2.10. The van der Waals surface area contributed by atoms with Crippen LogP contribution in [0.25, 0.3) is 0 Å². The number of aromatic nitrogens is 2. The van der Waals surface area contributed by atoms with E-state index in [0.29, 0.717) is 6.04 Å². The molecule has 1 rings (SSSR count). The Hall–Kier alpha value is -0.900. The van der Waals surface area contributed by atoms with Crippen LogP contribution in [0, 0.1) is 0 Å². The normalized spacial score (nSPS) is 11.4. The van der Waals surface area contributed by atoms with Crippen molar-refractivity contribution in [1.29, 1.82) is 0 Å². The molecule has 0 aromatic carbocycles. The summed E-state index contributed by atoms with van der Waals surface area (Å²) in [5.41, 5.74) is 0. The first kappa shape index (κ1) is 17.2. The van der Waals surface area contributed by atoms with E-state index in [-0.39, 0.29) is 0 Å². The van der Waals surface area contributed by atoms with Crippen LogP contribution in [0.2, 0.25) is 0 Å². The molecule has 0 aliphatic carbocycles. The molecule has 0 amide bonds. The molecule has 0 saturated heterocycles. The number of unbranched alkanes of at least 4 members (excludes halogenated alkanes) is 5. The van der Waals surface area contributed by atoms with Crippen LogP contribution >= 0.6 is 0 Å². The van der Waals surface area contributed by atoms with E-state index in [2.05, 4.69) is 36.3 Å². The minimum Gasteiger partial charge on any atom is -0.425 e. The van der Waals surface area contributed by atoms with Gasteiger partial charge in [0.05, 0.1) is 0 Å². The highest BCUT2D eigenvalue weighted by atomic mass is 16.4. The molecular weight excluding hydrogens is 250 g/mol. The Balaban J connectivity index is 2.07. The van der Waals surface area contributed by atoms with E-state index in [4.69, 9.17) is 4.42 Å². The predicted molar refractivity (Wildman–Crippen MR) is 82.8 cm³/mol. The van der Waals surface area contributed by atoms with Crippen LogP contribution in [-0.4, -0.2) is 22.8 Å². The van der Waals surface area contributed by atoms with E-state index in [0.717, 1.165) is 37.6 Å². The number of nitrogens with zero attached hydrogens (tertiary/aromatic N) is 2. The summed E-state index contributed by atoms with van der Waals surface area (Å²) in [7, 11) is 0. The van der Waals surface area contributed by atoms with Gasteiger partial charge in [-0.15, -0.1) is 10.2 Å². The number of hydrogen-bond acceptors (Lipinski definition) is 4. The minimum absolute atomic E-state index is 0.543. The van der Waals surface area contributed by atoms with E-state index in [1.54, 1.807) is 0 Å². The molecule has 0 atom stereocenters. The predicted octanol–water partition coefficient (Wildman–Crippen LogP) is 3.90. The molecule has 0 bridgehead atoms. The third kappa shape index (κ3) is 8.31. The van der Waals surface area contributed by atoms with Gasteiger partial charge in [0.1, 0.15) is 0 Å². The molecule has 0 fully saturated rings. The Kier molecular flexibility index (Phi) is 9.29. The first-order valence-corrected chi connectivity index (χ1v) is 8.27.